The minimum absolute atomic E-state index is 0.392. The molecular weight excluding hydrogens is 248 g/mol. The molecule has 102 valence electrons. The van der Waals surface area contributed by atoms with Crippen LogP contribution in [0.2, 0.25) is 0 Å². The topological polar surface area (TPSA) is 54.5 Å². The zero-order valence-electron chi connectivity index (χ0n) is 8.90. The van der Waals surface area contributed by atoms with Crippen molar-refractivity contribution in [3.63, 3.8) is 0 Å². The molecule has 2 rings (SSSR count). The summed E-state index contributed by atoms with van der Waals surface area (Å²) in [7, 11) is 0. The van der Waals surface area contributed by atoms with Crippen LogP contribution in [0.4, 0.5) is 17.6 Å². The normalized spacial score (nSPS) is 29.3. The Morgan fingerprint density at radius 1 is 1.06 bits per heavy atom. The number of alkyl halides is 4. The third-order valence-corrected chi connectivity index (χ3v) is 1.92. The van der Waals surface area contributed by atoms with E-state index < -0.39 is 19.0 Å². The fourth-order valence-corrected chi connectivity index (χ4v) is 0.780. The number of rotatable bonds is 6. The van der Waals surface area contributed by atoms with E-state index >= 15 is 0 Å². The maximum Gasteiger partial charge on any atom is 0.274 e. The zero-order valence-corrected chi connectivity index (χ0v) is 8.90. The molecule has 2 fully saturated rings. The van der Waals surface area contributed by atoms with E-state index in [1.165, 1.54) is 0 Å². The van der Waals surface area contributed by atoms with E-state index in [9.17, 15) is 17.6 Å². The number of hydrogen-bond acceptors (Lipinski definition) is 4. The highest BCUT2D eigenvalue weighted by Gasteiger charge is 2.27. The van der Waals surface area contributed by atoms with Crippen LogP contribution in [0.1, 0.15) is 0 Å². The first-order valence-electron chi connectivity index (χ1n) is 5.06. The van der Waals surface area contributed by atoms with Crippen molar-refractivity contribution in [2.45, 2.75) is 31.2 Å². The molecule has 0 aliphatic carbocycles. The van der Waals surface area contributed by atoms with Gasteiger partial charge in [0.25, 0.3) is 6.43 Å². The summed E-state index contributed by atoms with van der Waals surface area (Å²) in [4.78, 5) is 0. The molecule has 0 amide bonds. The molecular formula is C9H14F4O4. The summed E-state index contributed by atoms with van der Waals surface area (Å²) in [6.45, 7) is 3.26. The summed E-state index contributed by atoms with van der Waals surface area (Å²) in [5.41, 5.74) is 0. The molecule has 0 spiro atoms. The first-order chi connectivity index (χ1) is 8.00. The highest BCUT2D eigenvalue weighted by molar-refractivity contribution is 4.71. The summed E-state index contributed by atoms with van der Waals surface area (Å²) in [5, 5.41) is 7.47. The van der Waals surface area contributed by atoms with E-state index in [1.807, 2.05) is 0 Å². The van der Waals surface area contributed by atoms with Gasteiger partial charge in [-0.3, -0.25) is 0 Å². The van der Waals surface area contributed by atoms with Crippen molar-refractivity contribution in [1.29, 1.82) is 0 Å². The van der Waals surface area contributed by atoms with Gasteiger partial charge < -0.3 is 19.3 Å². The number of hydrogen-bond donors (Lipinski definition) is 1. The van der Waals surface area contributed by atoms with Crippen molar-refractivity contribution in [3.05, 3.63) is 0 Å². The van der Waals surface area contributed by atoms with Crippen LogP contribution in [-0.4, -0.2) is 62.7 Å². The first-order valence-corrected chi connectivity index (χ1v) is 5.06. The van der Waals surface area contributed by atoms with Crippen LogP contribution in [0.5, 0.6) is 0 Å². The highest BCUT2D eigenvalue weighted by atomic mass is 19.3. The van der Waals surface area contributed by atoms with Gasteiger partial charge in [-0.25, -0.2) is 17.6 Å². The number of aliphatic hydroxyl groups excluding tert-OH is 1. The van der Waals surface area contributed by atoms with E-state index in [-0.39, 0.29) is 0 Å². The van der Waals surface area contributed by atoms with Crippen LogP contribution in [0.25, 0.3) is 0 Å². The molecule has 2 aliphatic rings. The smallest absolute Gasteiger partial charge is 0.274 e. The maximum atomic E-state index is 11.3. The van der Waals surface area contributed by atoms with Gasteiger partial charge in [0.2, 0.25) is 12.5 Å². The van der Waals surface area contributed by atoms with Crippen LogP contribution >= 0.6 is 0 Å². The Balaban J connectivity index is 0.000000172. The lowest BCUT2D eigenvalue weighted by molar-refractivity contribution is -0.0892. The lowest BCUT2D eigenvalue weighted by Gasteiger charge is -2.04. The lowest BCUT2D eigenvalue weighted by Crippen LogP contribution is -2.24. The van der Waals surface area contributed by atoms with Crippen molar-refractivity contribution in [3.8, 4) is 0 Å². The Hall–Kier alpha value is -0.440. The average molecular weight is 262 g/mol. The third-order valence-electron chi connectivity index (χ3n) is 1.92. The van der Waals surface area contributed by atoms with Crippen LogP contribution in [0.3, 0.4) is 0 Å². The van der Waals surface area contributed by atoms with Gasteiger partial charge in [0.15, 0.2) is 0 Å². The van der Waals surface area contributed by atoms with Crippen molar-refractivity contribution in [2.75, 3.05) is 26.4 Å². The quantitative estimate of drug-likeness (QED) is 0.565. The summed E-state index contributed by atoms with van der Waals surface area (Å²) in [6, 6.07) is 0. The second-order valence-electron chi connectivity index (χ2n) is 3.60. The molecule has 4 nitrogen and oxygen atoms in total. The molecule has 8 heteroatoms. The molecule has 2 saturated heterocycles. The Kier molecular flexibility index (Phi) is 6.10. The van der Waals surface area contributed by atoms with Crippen molar-refractivity contribution in [1.82, 2.24) is 0 Å². The molecule has 0 aromatic carbocycles. The summed E-state index contributed by atoms with van der Waals surface area (Å²) < 4.78 is 59.2. The molecule has 17 heavy (non-hydrogen) atoms. The molecule has 0 saturated carbocycles. The van der Waals surface area contributed by atoms with E-state index in [0.29, 0.717) is 12.2 Å². The molecule has 0 aromatic heterocycles. The SMILES string of the molecule is C(OCC1CO1)C1CO1.OC(F)C(F)C(F)F. The van der Waals surface area contributed by atoms with Gasteiger partial charge >= 0.3 is 0 Å². The van der Waals surface area contributed by atoms with Gasteiger partial charge in [0, 0.05) is 0 Å². The van der Waals surface area contributed by atoms with Crippen LogP contribution in [0, 0.1) is 0 Å². The number of halogens is 4. The Morgan fingerprint density at radius 2 is 1.47 bits per heavy atom. The van der Waals surface area contributed by atoms with Gasteiger partial charge in [-0.05, 0) is 0 Å². The first kappa shape index (κ1) is 14.6. The summed E-state index contributed by atoms with van der Waals surface area (Å²) in [6.07, 6.45) is -8.81. The Labute approximate surface area is 95.4 Å². The molecule has 0 bridgehead atoms. The van der Waals surface area contributed by atoms with Crippen LogP contribution in [0.15, 0.2) is 0 Å². The van der Waals surface area contributed by atoms with Gasteiger partial charge in [-0.1, -0.05) is 0 Å². The van der Waals surface area contributed by atoms with E-state index in [4.69, 9.17) is 19.3 Å². The van der Waals surface area contributed by atoms with Gasteiger partial charge in [-0.2, -0.15) is 0 Å². The van der Waals surface area contributed by atoms with E-state index in [0.717, 1.165) is 26.4 Å². The lowest BCUT2D eigenvalue weighted by atomic mass is 10.4. The number of ether oxygens (including phenoxy) is 3. The fourth-order valence-electron chi connectivity index (χ4n) is 0.780. The summed E-state index contributed by atoms with van der Waals surface area (Å²) >= 11 is 0. The van der Waals surface area contributed by atoms with Crippen LogP contribution < -0.4 is 0 Å². The molecule has 0 aromatic rings. The Bertz CT molecular complexity index is 189. The minimum atomic E-state index is -3.45. The predicted molar refractivity (Wildman–Crippen MR) is 48.3 cm³/mol. The standard InChI is InChI=1S/C6H10O3.C3H4F4O/c1(5-3-8-5)7-2-6-4-9-6;4-1(2(5)6)3(7)8/h5-6H,1-4H2;1-3,8H. The van der Waals surface area contributed by atoms with E-state index in [2.05, 4.69) is 0 Å². The molecule has 4 unspecified atom stereocenters. The molecule has 2 aliphatic heterocycles. The second-order valence-corrected chi connectivity index (χ2v) is 3.60. The largest absolute Gasteiger partial charge is 0.376 e. The van der Waals surface area contributed by atoms with Crippen molar-refractivity contribution < 1.29 is 36.9 Å². The molecule has 4 atom stereocenters. The predicted octanol–water partition coefficient (Wildman–Crippen LogP) is 0.678. The van der Waals surface area contributed by atoms with Crippen LogP contribution in [-0.2, 0) is 14.2 Å². The molecule has 0 radical (unpaired) electrons. The van der Waals surface area contributed by atoms with Gasteiger partial charge in [0.1, 0.15) is 12.2 Å². The summed E-state index contributed by atoms with van der Waals surface area (Å²) in [5.74, 6) is 0. The molecule has 2 heterocycles. The number of epoxide rings is 2. The number of aliphatic hydroxyl groups is 1. The average Bonchev–Trinajstić information content (AvgIpc) is 3.11. The third kappa shape index (κ3) is 7.48. The monoisotopic (exact) mass is 262 g/mol. The van der Waals surface area contributed by atoms with Crippen molar-refractivity contribution >= 4 is 0 Å². The van der Waals surface area contributed by atoms with E-state index in [1.54, 1.807) is 0 Å². The zero-order chi connectivity index (χ0) is 12.8. The van der Waals surface area contributed by atoms with Gasteiger partial charge in [0.05, 0.1) is 26.4 Å². The molecule has 1 N–H and O–H groups in total. The second kappa shape index (κ2) is 7.10. The fraction of sp³-hybridized carbons (Fsp3) is 1.00. The Morgan fingerprint density at radius 3 is 1.65 bits per heavy atom. The highest BCUT2D eigenvalue weighted by Crippen LogP contribution is 2.12. The minimum Gasteiger partial charge on any atom is -0.376 e. The van der Waals surface area contributed by atoms with Gasteiger partial charge in [-0.15, -0.1) is 0 Å². The van der Waals surface area contributed by atoms with Crippen molar-refractivity contribution in [2.24, 2.45) is 0 Å². The maximum absolute atomic E-state index is 11.3.